The minimum Gasteiger partial charge on any atom is -0.480 e. The number of carbonyl (C=O) groups excluding carboxylic acids is 2. The van der Waals surface area contributed by atoms with Crippen molar-refractivity contribution in [2.75, 3.05) is 11.9 Å². The van der Waals surface area contributed by atoms with Crippen molar-refractivity contribution < 1.29 is 19.5 Å². The predicted octanol–water partition coefficient (Wildman–Crippen LogP) is 2.61. The zero-order valence-electron chi connectivity index (χ0n) is 15.1. The fourth-order valence-corrected chi connectivity index (χ4v) is 2.86. The van der Waals surface area contributed by atoms with Crippen molar-refractivity contribution >= 4 is 23.5 Å². The Balaban J connectivity index is 2.02. The molecule has 2 amide bonds. The topological polar surface area (TPSA) is 95.5 Å². The van der Waals surface area contributed by atoms with Crippen LogP contribution in [-0.2, 0) is 16.0 Å². The molecule has 0 atom stereocenters. The molecule has 3 N–H and O–H groups in total. The molecule has 26 heavy (non-hydrogen) atoms. The SMILES string of the molecule is Cc1cc(C)c(C(=O)Nc2ccc(CC(=O)NCC(=O)O)cc2)c(C)c1. The highest BCUT2D eigenvalue weighted by molar-refractivity contribution is 6.06. The summed E-state index contributed by atoms with van der Waals surface area (Å²) in [5.41, 5.74) is 4.98. The van der Waals surface area contributed by atoms with Gasteiger partial charge in [-0.15, -0.1) is 0 Å². The molecule has 0 aliphatic heterocycles. The van der Waals surface area contributed by atoms with Gasteiger partial charge >= 0.3 is 5.97 Å². The summed E-state index contributed by atoms with van der Waals surface area (Å²) in [5, 5.41) is 13.7. The van der Waals surface area contributed by atoms with E-state index in [9.17, 15) is 14.4 Å². The second-order valence-electron chi connectivity index (χ2n) is 6.27. The van der Waals surface area contributed by atoms with E-state index in [1.54, 1.807) is 24.3 Å². The third-order valence-electron chi connectivity index (χ3n) is 3.92. The lowest BCUT2D eigenvalue weighted by Crippen LogP contribution is -2.30. The van der Waals surface area contributed by atoms with Crippen LogP contribution in [0.5, 0.6) is 0 Å². The molecule has 2 rings (SSSR count). The number of carboxylic acids is 1. The molecule has 2 aromatic rings. The maximum absolute atomic E-state index is 12.5. The van der Waals surface area contributed by atoms with E-state index in [-0.39, 0.29) is 18.2 Å². The highest BCUT2D eigenvalue weighted by Crippen LogP contribution is 2.19. The molecular formula is C20H22N2O4. The van der Waals surface area contributed by atoms with E-state index in [1.165, 1.54) is 0 Å². The summed E-state index contributed by atoms with van der Waals surface area (Å²) in [6.07, 6.45) is 0.0810. The third-order valence-corrected chi connectivity index (χ3v) is 3.92. The second kappa shape index (κ2) is 8.29. The molecule has 0 aliphatic rings. The minimum atomic E-state index is -1.09. The smallest absolute Gasteiger partial charge is 0.322 e. The number of aryl methyl sites for hydroxylation is 3. The van der Waals surface area contributed by atoms with Gasteiger partial charge in [-0.25, -0.2) is 0 Å². The van der Waals surface area contributed by atoms with Gasteiger partial charge in [-0.1, -0.05) is 29.8 Å². The summed E-state index contributed by atoms with van der Waals surface area (Å²) in [7, 11) is 0. The molecule has 0 unspecified atom stereocenters. The lowest BCUT2D eigenvalue weighted by molar-refractivity contribution is -0.137. The van der Waals surface area contributed by atoms with Gasteiger partial charge < -0.3 is 15.7 Å². The molecule has 0 aromatic heterocycles. The van der Waals surface area contributed by atoms with Gasteiger partial charge in [0.15, 0.2) is 0 Å². The number of nitrogens with one attached hydrogen (secondary N) is 2. The lowest BCUT2D eigenvalue weighted by atomic mass is 9.99. The van der Waals surface area contributed by atoms with E-state index in [4.69, 9.17) is 5.11 Å². The van der Waals surface area contributed by atoms with Gasteiger partial charge in [0.05, 0.1) is 6.42 Å². The predicted molar refractivity (Wildman–Crippen MR) is 99.4 cm³/mol. The number of rotatable bonds is 6. The Morgan fingerprint density at radius 2 is 1.54 bits per heavy atom. The molecule has 136 valence electrons. The normalized spacial score (nSPS) is 10.3. The van der Waals surface area contributed by atoms with Gasteiger partial charge in [-0.05, 0) is 49.6 Å². The van der Waals surface area contributed by atoms with Gasteiger partial charge in [-0.2, -0.15) is 0 Å². The fraction of sp³-hybridized carbons (Fsp3) is 0.250. The number of amides is 2. The maximum atomic E-state index is 12.5. The van der Waals surface area contributed by atoms with Crippen LogP contribution in [0.1, 0.15) is 32.6 Å². The van der Waals surface area contributed by atoms with E-state index < -0.39 is 12.5 Å². The minimum absolute atomic E-state index is 0.0810. The molecule has 0 spiro atoms. The Kier molecular flexibility index (Phi) is 6.11. The number of carboxylic acid groups (broad SMARTS) is 1. The molecule has 0 saturated carbocycles. The van der Waals surface area contributed by atoms with E-state index in [2.05, 4.69) is 10.6 Å². The van der Waals surface area contributed by atoms with Crippen molar-refractivity contribution in [3.63, 3.8) is 0 Å². The number of aliphatic carboxylic acids is 1. The van der Waals surface area contributed by atoms with Crippen LogP contribution >= 0.6 is 0 Å². The number of anilines is 1. The van der Waals surface area contributed by atoms with Crippen molar-refractivity contribution in [2.24, 2.45) is 0 Å². The van der Waals surface area contributed by atoms with Gasteiger partial charge in [0.25, 0.3) is 5.91 Å². The van der Waals surface area contributed by atoms with Gasteiger partial charge in [0, 0.05) is 11.3 Å². The van der Waals surface area contributed by atoms with Crippen molar-refractivity contribution in [3.8, 4) is 0 Å². The van der Waals surface area contributed by atoms with E-state index in [1.807, 2.05) is 32.9 Å². The Morgan fingerprint density at radius 3 is 2.08 bits per heavy atom. The van der Waals surface area contributed by atoms with Crippen molar-refractivity contribution in [3.05, 3.63) is 64.2 Å². The van der Waals surface area contributed by atoms with Crippen molar-refractivity contribution in [1.29, 1.82) is 0 Å². The number of hydrogen-bond donors (Lipinski definition) is 3. The number of carbonyl (C=O) groups is 3. The maximum Gasteiger partial charge on any atom is 0.322 e. The zero-order valence-corrected chi connectivity index (χ0v) is 15.1. The van der Waals surface area contributed by atoms with Crippen LogP contribution < -0.4 is 10.6 Å². The standard InChI is InChI=1S/C20H22N2O4/c1-12-8-13(2)19(14(3)9-12)20(26)22-16-6-4-15(5-7-16)10-17(23)21-11-18(24)25/h4-9H,10-11H2,1-3H3,(H,21,23)(H,22,26)(H,24,25). The second-order valence-corrected chi connectivity index (χ2v) is 6.27. The molecule has 6 nitrogen and oxygen atoms in total. The molecule has 0 saturated heterocycles. The Hall–Kier alpha value is -3.15. The highest BCUT2D eigenvalue weighted by atomic mass is 16.4. The molecule has 0 radical (unpaired) electrons. The van der Waals surface area contributed by atoms with Crippen LogP contribution in [0.15, 0.2) is 36.4 Å². The summed E-state index contributed by atoms with van der Waals surface area (Å²) in [4.78, 5) is 34.6. The molecule has 0 heterocycles. The van der Waals surface area contributed by atoms with Crippen LogP contribution in [-0.4, -0.2) is 29.4 Å². The average molecular weight is 354 g/mol. The molecule has 0 bridgehead atoms. The number of hydrogen-bond acceptors (Lipinski definition) is 3. The van der Waals surface area contributed by atoms with Crippen molar-refractivity contribution in [1.82, 2.24) is 5.32 Å². The van der Waals surface area contributed by atoms with Crippen LogP contribution in [0.2, 0.25) is 0 Å². The van der Waals surface area contributed by atoms with Crippen LogP contribution in [0.25, 0.3) is 0 Å². The van der Waals surface area contributed by atoms with Crippen LogP contribution in [0, 0.1) is 20.8 Å². The first kappa shape index (κ1) is 19.2. The van der Waals surface area contributed by atoms with E-state index >= 15 is 0 Å². The monoisotopic (exact) mass is 354 g/mol. The Bertz CT molecular complexity index is 818. The molecule has 0 fully saturated rings. The Labute approximate surface area is 152 Å². The first-order valence-corrected chi connectivity index (χ1v) is 8.23. The van der Waals surface area contributed by atoms with Gasteiger partial charge in [-0.3, -0.25) is 14.4 Å². The van der Waals surface area contributed by atoms with E-state index in [0.717, 1.165) is 22.3 Å². The molecule has 6 heteroatoms. The number of benzene rings is 2. The van der Waals surface area contributed by atoms with E-state index in [0.29, 0.717) is 11.3 Å². The van der Waals surface area contributed by atoms with Gasteiger partial charge in [0.2, 0.25) is 5.91 Å². The average Bonchev–Trinajstić information content (AvgIpc) is 2.54. The first-order chi connectivity index (χ1) is 12.3. The summed E-state index contributed by atoms with van der Waals surface area (Å²) in [6.45, 7) is 5.41. The summed E-state index contributed by atoms with van der Waals surface area (Å²) >= 11 is 0. The molecule has 2 aromatic carbocycles. The zero-order chi connectivity index (χ0) is 19.3. The van der Waals surface area contributed by atoms with Crippen LogP contribution in [0.4, 0.5) is 5.69 Å². The largest absolute Gasteiger partial charge is 0.480 e. The lowest BCUT2D eigenvalue weighted by Gasteiger charge is -2.12. The van der Waals surface area contributed by atoms with Gasteiger partial charge in [0.1, 0.15) is 6.54 Å². The van der Waals surface area contributed by atoms with Crippen LogP contribution in [0.3, 0.4) is 0 Å². The molecule has 0 aliphatic carbocycles. The molecular weight excluding hydrogens is 332 g/mol. The highest BCUT2D eigenvalue weighted by Gasteiger charge is 2.13. The fourth-order valence-electron chi connectivity index (χ4n) is 2.86. The quantitative estimate of drug-likeness (QED) is 0.743. The van der Waals surface area contributed by atoms with Crippen molar-refractivity contribution in [2.45, 2.75) is 27.2 Å². The summed E-state index contributed by atoms with van der Waals surface area (Å²) < 4.78 is 0. The summed E-state index contributed by atoms with van der Waals surface area (Å²) in [5.74, 6) is -1.62. The third kappa shape index (κ3) is 5.17. The first-order valence-electron chi connectivity index (χ1n) is 8.23. The summed E-state index contributed by atoms with van der Waals surface area (Å²) in [6, 6.07) is 10.8. The Morgan fingerprint density at radius 1 is 0.962 bits per heavy atom.